The van der Waals surface area contributed by atoms with Gasteiger partial charge in [0.1, 0.15) is 0 Å². The van der Waals surface area contributed by atoms with Crippen molar-refractivity contribution in [2.24, 2.45) is 11.8 Å². The van der Waals surface area contributed by atoms with Crippen LogP contribution in [0.4, 0.5) is 0 Å². The van der Waals surface area contributed by atoms with Gasteiger partial charge in [0.15, 0.2) is 11.5 Å². The zero-order valence-electron chi connectivity index (χ0n) is 14.1. The standard InChI is InChI=1S/C17H26N2O3.ClH/c1-4-7-22-15-6-5-13(8-16(15)21-3)9-19-17(20)12(2)14-10-18-11-14;/h5-6,8,12,14,18H,4,7,9-11H2,1-3H3,(H,19,20);1H. The number of halogens is 1. The first-order valence-corrected chi connectivity index (χ1v) is 7.93. The molecule has 0 aromatic heterocycles. The predicted molar refractivity (Wildman–Crippen MR) is 93.4 cm³/mol. The van der Waals surface area contributed by atoms with Gasteiger partial charge in [-0.3, -0.25) is 4.79 Å². The molecule has 1 saturated heterocycles. The van der Waals surface area contributed by atoms with Crippen LogP contribution >= 0.6 is 12.4 Å². The van der Waals surface area contributed by atoms with E-state index in [4.69, 9.17) is 9.47 Å². The number of amides is 1. The van der Waals surface area contributed by atoms with E-state index in [1.54, 1.807) is 7.11 Å². The number of nitrogens with one attached hydrogen (secondary N) is 2. The van der Waals surface area contributed by atoms with Gasteiger partial charge in [0.2, 0.25) is 5.91 Å². The maximum atomic E-state index is 12.1. The molecule has 1 heterocycles. The van der Waals surface area contributed by atoms with Crippen molar-refractivity contribution in [2.45, 2.75) is 26.8 Å². The van der Waals surface area contributed by atoms with Gasteiger partial charge in [-0.15, -0.1) is 12.4 Å². The number of hydrogen-bond donors (Lipinski definition) is 2. The molecule has 1 unspecified atom stereocenters. The molecule has 1 fully saturated rings. The topological polar surface area (TPSA) is 59.6 Å². The average Bonchev–Trinajstić information content (AvgIpc) is 2.49. The summed E-state index contributed by atoms with van der Waals surface area (Å²) < 4.78 is 11.0. The summed E-state index contributed by atoms with van der Waals surface area (Å²) in [6.45, 7) is 7.10. The second kappa shape index (κ2) is 9.63. The number of benzene rings is 1. The lowest BCUT2D eigenvalue weighted by atomic mass is 9.88. The maximum Gasteiger partial charge on any atom is 0.223 e. The molecule has 5 nitrogen and oxygen atoms in total. The summed E-state index contributed by atoms with van der Waals surface area (Å²) in [6, 6.07) is 5.78. The third-order valence-electron chi connectivity index (χ3n) is 4.09. The van der Waals surface area contributed by atoms with E-state index in [0.717, 1.165) is 30.8 Å². The van der Waals surface area contributed by atoms with Crippen LogP contribution in [0.1, 0.15) is 25.8 Å². The van der Waals surface area contributed by atoms with Gasteiger partial charge in [0.25, 0.3) is 0 Å². The third-order valence-corrected chi connectivity index (χ3v) is 4.09. The lowest BCUT2D eigenvalue weighted by molar-refractivity contribution is -0.126. The van der Waals surface area contributed by atoms with E-state index in [2.05, 4.69) is 17.6 Å². The van der Waals surface area contributed by atoms with Crippen LogP contribution in [0, 0.1) is 11.8 Å². The van der Waals surface area contributed by atoms with E-state index in [1.807, 2.05) is 25.1 Å². The molecule has 0 spiro atoms. The number of hydrogen-bond acceptors (Lipinski definition) is 4. The van der Waals surface area contributed by atoms with Crippen LogP contribution in [-0.2, 0) is 11.3 Å². The molecular weight excluding hydrogens is 316 g/mol. The molecule has 1 aromatic carbocycles. The van der Waals surface area contributed by atoms with Crippen LogP contribution < -0.4 is 20.1 Å². The van der Waals surface area contributed by atoms with Crippen LogP contribution in [0.2, 0.25) is 0 Å². The number of carbonyl (C=O) groups excluding carboxylic acids is 1. The molecule has 0 saturated carbocycles. The highest BCUT2D eigenvalue weighted by Crippen LogP contribution is 2.28. The van der Waals surface area contributed by atoms with Gasteiger partial charge >= 0.3 is 0 Å². The second-order valence-electron chi connectivity index (χ2n) is 5.76. The first-order valence-electron chi connectivity index (χ1n) is 7.93. The van der Waals surface area contributed by atoms with Crippen LogP contribution in [0.15, 0.2) is 18.2 Å². The van der Waals surface area contributed by atoms with Crippen molar-refractivity contribution in [3.05, 3.63) is 23.8 Å². The Morgan fingerprint density at radius 2 is 2.13 bits per heavy atom. The third kappa shape index (κ3) is 5.29. The van der Waals surface area contributed by atoms with Crippen molar-refractivity contribution in [3.63, 3.8) is 0 Å². The Morgan fingerprint density at radius 3 is 2.70 bits per heavy atom. The fourth-order valence-corrected chi connectivity index (χ4v) is 2.38. The molecule has 1 aliphatic rings. The molecule has 23 heavy (non-hydrogen) atoms. The van der Waals surface area contributed by atoms with E-state index < -0.39 is 0 Å². The summed E-state index contributed by atoms with van der Waals surface area (Å²) in [4.78, 5) is 12.1. The van der Waals surface area contributed by atoms with Gasteiger partial charge in [-0.2, -0.15) is 0 Å². The molecular formula is C17H27ClN2O3. The average molecular weight is 343 g/mol. The largest absolute Gasteiger partial charge is 0.493 e. The first kappa shape index (κ1) is 19.6. The van der Waals surface area contributed by atoms with E-state index >= 15 is 0 Å². The fraction of sp³-hybridized carbons (Fsp3) is 0.588. The summed E-state index contributed by atoms with van der Waals surface area (Å²) >= 11 is 0. The summed E-state index contributed by atoms with van der Waals surface area (Å²) in [6.07, 6.45) is 0.953. The Kier molecular flexibility index (Phi) is 8.20. The molecule has 1 aromatic rings. The molecule has 2 N–H and O–H groups in total. The van der Waals surface area contributed by atoms with Crippen LogP contribution in [0.5, 0.6) is 11.5 Å². The molecule has 0 aliphatic carbocycles. The Labute approximate surface area is 144 Å². The Morgan fingerprint density at radius 1 is 1.39 bits per heavy atom. The normalized spacial score (nSPS) is 15.1. The minimum atomic E-state index is 0. The highest BCUT2D eigenvalue weighted by atomic mass is 35.5. The van der Waals surface area contributed by atoms with Gasteiger partial charge in [0.05, 0.1) is 13.7 Å². The number of methoxy groups -OCH3 is 1. The van der Waals surface area contributed by atoms with Gasteiger partial charge in [0, 0.05) is 12.5 Å². The van der Waals surface area contributed by atoms with E-state index in [0.29, 0.717) is 24.8 Å². The highest BCUT2D eigenvalue weighted by Gasteiger charge is 2.28. The van der Waals surface area contributed by atoms with Crippen molar-refractivity contribution < 1.29 is 14.3 Å². The number of rotatable bonds is 8. The smallest absolute Gasteiger partial charge is 0.223 e. The molecule has 0 radical (unpaired) electrons. The minimum Gasteiger partial charge on any atom is -0.493 e. The number of carbonyl (C=O) groups is 1. The summed E-state index contributed by atoms with van der Waals surface area (Å²) in [5.41, 5.74) is 1.01. The summed E-state index contributed by atoms with van der Waals surface area (Å²) in [7, 11) is 1.63. The molecule has 1 aliphatic heterocycles. The SMILES string of the molecule is CCCOc1ccc(CNC(=O)C(C)C2CNC2)cc1OC.Cl. The Bertz CT molecular complexity index is 507. The van der Waals surface area contributed by atoms with E-state index in [9.17, 15) is 4.79 Å². The van der Waals surface area contributed by atoms with E-state index in [-0.39, 0.29) is 24.2 Å². The summed E-state index contributed by atoms with van der Waals surface area (Å²) in [5, 5.41) is 6.20. The van der Waals surface area contributed by atoms with Crippen LogP contribution in [-0.4, -0.2) is 32.7 Å². The Balaban J connectivity index is 0.00000264. The predicted octanol–water partition coefficient (Wildman–Crippen LogP) is 2.38. The minimum absolute atomic E-state index is 0. The van der Waals surface area contributed by atoms with Crippen LogP contribution in [0.3, 0.4) is 0 Å². The van der Waals surface area contributed by atoms with Crippen molar-refractivity contribution in [2.75, 3.05) is 26.8 Å². The molecule has 1 amide bonds. The molecule has 2 rings (SSSR count). The highest BCUT2D eigenvalue weighted by molar-refractivity contribution is 5.85. The van der Waals surface area contributed by atoms with Gasteiger partial charge in [-0.25, -0.2) is 0 Å². The van der Waals surface area contributed by atoms with E-state index in [1.165, 1.54) is 0 Å². The van der Waals surface area contributed by atoms with Gasteiger partial charge < -0.3 is 20.1 Å². The zero-order chi connectivity index (χ0) is 15.9. The van der Waals surface area contributed by atoms with Gasteiger partial charge in [-0.05, 0) is 43.1 Å². The van der Waals surface area contributed by atoms with Gasteiger partial charge in [-0.1, -0.05) is 19.9 Å². The zero-order valence-corrected chi connectivity index (χ0v) is 14.9. The fourth-order valence-electron chi connectivity index (χ4n) is 2.38. The van der Waals surface area contributed by atoms with Crippen molar-refractivity contribution in [3.8, 4) is 11.5 Å². The molecule has 6 heteroatoms. The van der Waals surface area contributed by atoms with Crippen molar-refractivity contribution in [1.29, 1.82) is 0 Å². The Hall–Kier alpha value is -1.46. The molecule has 130 valence electrons. The monoisotopic (exact) mass is 342 g/mol. The quantitative estimate of drug-likeness (QED) is 0.761. The van der Waals surface area contributed by atoms with Crippen molar-refractivity contribution >= 4 is 18.3 Å². The number of ether oxygens (including phenoxy) is 2. The summed E-state index contributed by atoms with van der Waals surface area (Å²) in [5.74, 6) is 2.07. The maximum absolute atomic E-state index is 12.1. The lowest BCUT2D eigenvalue weighted by Crippen LogP contribution is -2.49. The lowest BCUT2D eigenvalue weighted by Gasteiger charge is -2.31. The van der Waals surface area contributed by atoms with Crippen molar-refractivity contribution in [1.82, 2.24) is 10.6 Å². The second-order valence-corrected chi connectivity index (χ2v) is 5.76. The first-order chi connectivity index (χ1) is 10.7. The molecule has 0 bridgehead atoms. The molecule has 1 atom stereocenters. The van der Waals surface area contributed by atoms with Crippen LogP contribution in [0.25, 0.3) is 0 Å².